The Morgan fingerprint density at radius 2 is 1.71 bits per heavy atom. The molecule has 28 heavy (non-hydrogen) atoms. The van der Waals surface area contributed by atoms with E-state index in [0.717, 1.165) is 11.3 Å². The second-order valence-electron chi connectivity index (χ2n) is 5.73. The van der Waals surface area contributed by atoms with Crippen LogP contribution in [0.2, 0.25) is 4.34 Å². The normalized spacial score (nSPS) is 11.4. The number of benzene rings is 1. The summed E-state index contributed by atoms with van der Waals surface area (Å²) >= 11 is 6.95. The molecule has 1 atom stereocenters. The van der Waals surface area contributed by atoms with E-state index < -0.39 is 17.9 Å². The summed E-state index contributed by atoms with van der Waals surface area (Å²) in [5.74, 6) is 0.0398. The third kappa shape index (κ3) is 6.86. The van der Waals surface area contributed by atoms with Crippen LogP contribution in [0.1, 0.15) is 36.4 Å². The molecule has 0 spiro atoms. The Hall–Kier alpha value is -2.58. The fraction of sp³-hybridized carbons (Fsp3) is 0.316. The Morgan fingerprint density at radius 1 is 1.04 bits per heavy atom. The third-order valence-corrected chi connectivity index (χ3v) is 4.84. The van der Waals surface area contributed by atoms with Crippen molar-refractivity contribution < 1.29 is 23.9 Å². The smallest absolute Gasteiger partial charge is 0.279 e. The Labute approximate surface area is 171 Å². The monoisotopic (exact) mass is 424 g/mol. The number of carbonyl (C=O) groups is 3. The van der Waals surface area contributed by atoms with Gasteiger partial charge in [0.25, 0.3) is 5.91 Å². The molecule has 0 saturated carbocycles. The minimum atomic E-state index is -0.826. The van der Waals surface area contributed by atoms with Crippen molar-refractivity contribution in [2.45, 2.75) is 32.8 Å². The fourth-order valence-electron chi connectivity index (χ4n) is 2.15. The predicted octanol–water partition coefficient (Wildman–Crippen LogP) is 3.38. The third-order valence-electron chi connectivity index (χ3n) is 3.57. The quantitative estimate of drug-likeness (QED) is 0.475. The van der Waals surface area contributed by atoms with Crippen LogP contribution in [-0.4, -0.2) is 30.3 Å². The van der Waals surface area contributed by atoms with Gasteiger partial charge in [0.1, 0.15) is 11.5 Å². The summed E-state index contributed by atoms with van der Waals surface area (Å²) in [5, 5.41) is 0. The first kappa shape index (κ1) is 21.7. The van der Waals surface area contributed by atoms with E-state index in [1.54, 1.807) is 43.3 Å². The number of hydrogen-bond donors (Lipinski definition) is 2. The second-order valence-corrected chi connectivity index (χ2v) is 7.44. The number of nitrogens with one attached hydrogen (secondary N) is 2. The molecule has 0 radical (unpaired) electrons. The molecule has 2 amide bonds. The predicted molar refractivity (Wildman–Crippen MR) is 107 cm³/mol. The zero-order chi connectivity index (χ0) is 20.5. The molecule has 7 nitrogen and oxygen atoms in total. The van der Waals surface area contributed by atoms with Crippen LogP contribution in [0.4, 0.5) is 0 Å². The number of ketones is 1. The van der Waals surface area contributed by atoms with Gasteiger partial charge in [0.05, 0.1) is 15.8 Å². The lowest BCUT2D eigenvalue weighted by Crippen LogP contribution is -2.47. The van der Waals surface area contributed by atoms with Crippen molar-refractivity contribution in [2.24, 2.45) is 0 Å². The van der Waals surface area contributed by atoms with Gasteiger partial charge in [0.2, 0.25) is 5.91 Å². The van der Waals surface area contributed by atoms with Crippen molar-refractivity contribution in [3.8, 4) is 11.5 Å². The first-order chi connectivity index (χ1) is 13.4. The average molecular weight is 425 g/mol. The van der Waals surface area contributed by atoms with Crippen molar-refractivity contribution >= 4 is 40.5 Å². The highest BCUT2D eigenvalue weighted by molar-refractivity contribution is 7.18. The summed E-state index contributed by atoms with van der Waals surface area (Å²) in [5.41, 5.74) is 4.56. The molecular weight excluding hydrogens is 404 g/mol. The van der Waals surface area contributed by atoms with E-state index in [9.17, 15) is 14.4 Å². The minimum absolute atomic E-state index is 0.0246. The molecule has 2 rings (SSSR count). The highest BCUT2D eigenvalue weighted by Gasteiger charge is 2.16. The van der Waals surface area contributed by atoms with Gasteiger partial charge in [-0.05, 0) is 50.2 Å². The van der Waals surface area contributed by atoms with Crippen LogP contribution in [0.5, 0.6) is 11.5 Å². The Bertz CT molecular complexity index is 822. The molecule has 2 N–H and O–H groups in total. The number of Topliss-reactive ketones (excluding diaryl/α,β-unsaturated/α-hetero) is 1. The average Bonchev–Trinajstić information content (AvgIpc) is 3.12. The summed E-state index contributed by atoms with van der Waals surface area (Å²) < 4.78 is 11.4. The number of carbonyl (C=O) groups excluding carboxylic acids is 3. The van der Waals surface area contributed by atoms with Crippen molar-refractivity contribution in [3.63, 3.8) is 0 Å². The van der Waals surface area contributed by atoms with Gasteiger partial charge in [-0.3, -0.25) is 25.2 Å². The highest BCUT2D eigenvalue weighted by Crippen LogP contribution is 2.23. The molecule has 150 valence electrons. The standard InChI is InChI=1S/C19H21ClN2O5S/c1-3-26-13-4-6-14(7-5-13)27-12(2)19(25)22-21-18(24)11-8-15(23)16-9-10-17(20)28-16/h4-7,9-10,12H,3,8,11H2,1-2H3,(H,21,24)(H,22,25). The van der Waals surface area contributed by atoms with Crippen LogP contribution in [0.25, 0.3) is 0 Å². The van der Waals surface area contributed by atoms with Crippen molar-refractivity contribution in [2.75, 3.05) is 6.61 Å². The molecule has 0 aliphatic heterocycles. The van der Waals surface area contributed by atoms with Gasteiger partial charge in [0.15, 0.2) is 11.9 Å². The van der Waals surface area contributed by atoms with E-state index in [-0.39, 0.29) is 18.6 Å². The lowest BCUT2D eigenvalue weighted by molar-refractivity contribution is -0.132. The van der Waals surface area contributed by atoms with E-state index in [1.165, 1.54) is 0 Å². The molecule has 0 saturated heterocycles. The molecule has 1 aromatic carbocycles. The molecule has 0 aliphatic carbocycles. The summed E-state index contributed by atoms with van der Waals surface area (Å²) in [7, 11) is 0. The lowest BCUT2D eigenvalue weighted by atomic mass is 10.2. The number of ether oxygens (including phenoxy) is 2. The summed E-state index contributed by atoms with van der Waals surface area (Å²) in [4.78, 5) is 36.3. The molecule has 2 aromatic rings. The zero-order valence-electron chi connectivity index (χ0n) is 15.5. The minimum Gasteiger partial charge on any atom is -0.494 e. The SMILES string of the molecule is CCOc1ccc(OC(C)C(=O)NNC(=O)CCC(=O)c2ccc(Cl)s2)cc1. The molecule has 1 heterocycles. The van der Waals surface area contributed by atoms with Gasteiger partial charge < -0.3 is 9.47 Å². The van der Waals surface area contributed by atoms with E-state index in [1.807, 2.05) is 6.92 Å². The Balaban J connectivity index is 1.71. The topological polar surface area (TPSA) is 93.7 Å². The Kier molecular flexibility index (Phi) is 8.28. The molecule has 1 unspecified atom stereocenters. The van der Waals surface area contributed by atoms with Crippen LogP contribution in [-0.2, 0) is 9.59 Å². The number of thiophene rings is 1. The second kappa shape index (κ2) is 10.7. The molecule has 1 aromatic heterocycles. The van der Waals surface area contributed by atoms with Gasteiger partial charge in [0, 0.05) is 12.8 Å². The maximum atomic E-state index is 12.0. The van der Waals surface area contributed by atoms with Gasteiger partial charge in [-0.15, -0.1) is 11.3 Å². The van der Waals surface area contributed by atoms with Crippen LogP contribution in [0, 0.1) is 0 Å². The van der Waals surface area contributed by atoms with E-state index in [0.29, 0.717) is 27.3 Å². The number of amides is 2. The van der Waals surface area contributed by atoms with Crippen LogP contribution in [0.3, 0.4) is 0 Å². The molecule has 9 heteroatoms. The fourth-order valence-corrected chi connectivity index (χ4v) is 3.16. The number of rotatable bonds is 9. The molecular formula is C19H21ClN2O5S. The maximum absolute atomic E-state index is 12.0. The van der Waals surface area contributed by atoms with Crippen molar-refractivity contribution in [1.29, 1.82) is 0 Å². The number of hydrazine groups is 1. The largest absolute Gasteiger partial charge is 0.494 e. The van der Waals surface area contributed by atoms with Crippen LogP contribution in [0.15, 0.2) is 36.4 Å². The number of halogens is 1. The zero-order valence-corrected chi connectivity index (χ0v) is 17.1. The summed E-state index contributed by atoms with van der Waals surface area (Å²) in [6.07, 6.45) is -0.854. The summed E-state index contributed by atoms with van der Waals surface area (Å²) in [6.45, 7) is 4.01. The maximum Gasteiger partial charge on any atom is 0.279 e. The first-order valence-corrected chi connectivity index (χ1v) is 9.85. The molecule has 0 fully saturated rings. The van der Waals surface area contributed by atoms with Gasteiger partial charge in [-0.2, -0.15) is 0 Å². The van der Waals surface area contributed by atoms with Crippen molar-refractivity contribution in [3.05, 3.63) is 45.6 Å². The van der Waals surface area contributed by atoms with Gasteiger partial charge in [-0.1, -0.05) is 11.6 Å². The van der Waals surface area contributed by atoms with Gasteiger partial charge >= 0.3 is 0 Å². The van der Waals surface area contributed by atoms with E-state index >= 15 is 0 Å². The lowest BCUT2D eigenvalue weighted by Gasteiger charge is -2.15. The van der Waals surface area contributed by atoms with Gasteiger partial charge in [-0.25, -0.2) is 0 Å². The summed E-state index contributed by atoms with van der Waals surface area (Å²) in [6, 6.07) is 10.1. The highest BCUT2D eigenvalue weighted by atomic mass is 35.5. The van der Waals surface area contributed by atoms with Crippen LogP contribution >= 0.6 is 22.9 Å². The van der Waals surface area contributed by atoms with Crippen LogP contribution < -0.4 is 20.3 Å². The molecule has 0 aliphatic rings. The first-order valence-electron chi connectivity index (χ1n) is 8.65. The van der Waals surface area contributed by atoms with Crippen molar-refractivity contribution in [1.82, 2.24) is 10.9 Å². The van der Waals surface area contributed by atoms with E-state index in [2.05, 4.69) is 10.9 Å². The molecule has 0 bridgehead atoms. The Morgan fingerprint density at radius 3 is 2.32 bits per heavy atom. The van der Waals surface area contributed by atoms with E-state index in [4.69, 9.17) is 21.1 Å². The number of hydrogen-bond acceptors (Lipinski definition) is 6.